The van der Waals surface area contributed by atoms with Gasteiger partial charge in [0.05, 0.1) is 32.5 Å². The smallest absolute Gasteiger partial charge is 0.204 e. The van der Waals surface area contributed by atoms with Crippen molar-refractivity contribution in [1.82, 2.24) is 9.55 Å². The van der Waals surface area contributed by atoms with Crippen molar-refractivity contribution >= 4 is 21.6 Å². The normalized spacial score (nSPS) is 11.1. The quantitative estimate of drug-likeness (QED) is 0.269. The van der Waals surface area contributed by atoms with E-state index in [4.69, 9.17) is 19.2 Å². The molecule has 0 fully saturated rings. The number of methoxy groups -OCH3 is 3. The molecule has 0 aliphatic carbocycles. The molecular formula is C27H23FN2O3S. The van der Waals surface area contributed by atoms with E-state index < -0.39 is 0 Å². The van der Waals surface area contributed by atoms with Crippen LogP contribution in [0, 0.1) is 12.7 Å². The number of benzene rings is 3. The molecule has 5 aromatic rings. The molecule has 5 nitrogen and oxygen atoms in total. The van der Waals surface area contributed by atoms with Crippen LogP contribution in [-0.4, -0.2) is 30.9 Å². The summed E-state index contributed by atoms with van der Waals surface area (Å²) in [7, 11) is 4.80. The molecule has 0 radical (unpaired) electrons. The molecule has 34 heavy (non-hydrogen) atoms. The Bertz CT molecular complexity index is 1470. The number of nitrogens with zero attached hydrogens (tertiary/aromatic N) is 2. The van der Waals surface area contributed by atoms with Crippen molar-refractivity contribution in [3.8, 4) is 44.8 Å². The molecule has 172 valence electrons. The van der Waals surface area contributed by atoms with Gasteiger partial charge >= 0.3 is 0 Å². The van der Waals surface area contributed by atoms with Gasteiger partial charge in [0.2, 0.25) is 5.75 Å². The maximum absolute atomic E-state index is 13.4. The standard InChI is InChI=1S/C27H23FN2O3S/c1-16-5-14-22(17-6-10-19(28)11-7-17)30(16)20-12-8-18(9-13-20)27-29-21-15-23(31-2)24(32-3)25(33-4)26(21)34-27/h5-15H,1-4H3. The van der Waals surface area contributed by atoms with Gasteiger partial charge in [-0.25, -0.2) is 9.37 Å². The third-order valence-corrected chi connectivity index (χ3v) is 6.89. The predicted molar refractivity (Wildman–Crippen MR) is 134 cm³/mol. The van der Waals surface area contributed by atoms with Crippen molar-refractivity contribution in [2.75, 3.05) is 21.3 Å². The van der Waals surface area contributed by atoms with Crippen LogP contribution in [0.2, 0.25) is 0 Å². The van der Waals surface area contributed by atoms with Gasteiger partial charge in [0, 0.05) is 23.0 Å². The van der Waals surface area contributed by atoms with Crippen LogP contribution in [0.4, 0.5) is 4.39 Å². The highest BCUT2D eigenvalue weighted by molar-refractivity contribution is 7.22. The number of rotatable bonds is 6. The molecule has 0 saturated heterocycles. The highest BCUT2D eigenvalue weighted by atomic mass is 32.1. The van der Waals surface area contributed by atoms with E-state index in [1.807, 2.05) is 6.07 Å². The Balaban J connectivity index is 1.55. The molecule has 0 aliphatic heterocycles. The van der Waals surface area contributed by atoms with E-state index in [1.165, 1.54) is 12.1 Å². The van der Waals surface area contributed by atoms with Crippen LogP contribution in [0.3, 0.4) is 0 Å². The summed E-state index contributed by atoms with van der Waals surface area (Å²) < 4.78 is 33.1. The van der Waals surface area contributed by atoms with E-state index in [9.17, 15) is 4.39 Å². The lowest BCUT2D eigenvalue weighted by Gasteiger charge is -2.12. The van der Waals surface area contributed by atoms with Gasteiger partial charge < -0.3 is 18.8 Å². The van der Waals surface area contributed by atoms with Crippen LogP contribution in [0.1, 0.15) is 5.69 Å². The zero-order valence-corrected chi connectivity index (χ0v) is 20.1. The first-order valence-electron chi connectivity index (χ1n) is 10.7. The molecule has 0 atom stereocenters. The Morgan fingerprint density at radius 1 is 0.794 bits per heavy atom. The molecule has 0 aliphatic rings. The molecule has 3 aromatic carbocycles. The highest BCUT2D eigenvalue weighted by Crippen LogP contribution is 2.46. The Morgan fingerprint density at radius 3 is 2.12 bits per heavy atom. The summed E-state index contributed by atoms with van der Waals surface area (Å²) in [5.41, 5.74) is 5.87. The highest BCUT2D eigenvalue weighted by Gasteiger charge is 2.20. The second-order valence-electron chi connectivity index (χ2n) is 7.76. The van der Waals surface area contributed by atoms with Crippen molar-refractivity contribution in [1.29, 1.82) is 0 Å². The van der Waals surface area contributed by atoms with Crippen LogP contribution in [0.15, 0.2) is 66.7 Å². The third kappa shape index (κ3) is 3.68. The topological polar surface area (TPSA) is 45.5 Å². The summed E-state index contributed by atoms with van der Waals surface area (Å²) >= 11 is 1.54. The number of aryl methyl sites for hydroxylation is 1. The minimum atomic E-state index is -0.245. The summed E-state index contributed by atoms with van der Waals surface area (Å²) in [5, 5.41) is 0.873. The Morgan fingerprint density at radius 2 is 1.47 bits per heavy atom. The molecule has 0 saturated carbocycles. The van der Waals surface area contributed by atoms with Crippen molar-refractivity contribution in [3.63, 3.8) is 0 Å². The fraction of sp³-hybridized carbons (Fsp3) is 0.148. The second kappa shape index (κ2) is 8.83. The summed E-state index contributed by atoms with van der Waals surface area (Å²) in [5.74, 6) is 1.50. The van der Waals surface area contributed by atoms with Crippen LogP contribution >= 0.6 is 11.3 Å². The SMILES string of the molecule is COc1cc2nc(-c3ccc(-n4c(C)ccc4-c4ccc(F)cc4)cc3)sc2c(OC)c1OC. The fourth-order valence-corrected chi connectivity index (χ4v) is 5.20. The van der Waals surface area contributed by atoms with Crippen LogP contribution in [0.25, 0.3) is 37.7 Å². The van der Waals surface area contributed by atoms with Crippen molar-refractivity contribution < 1.29 is 18.6 Å². The number of aromatic nitrogens is 2. The number of ether oxygens (including phenoxy) is 3. The average molecular weight is 475 g/mol. The molecule has 0 amide bonds. The maximum atomic E-state index is 13.4. The molecule has 0 spiro atoms. The summed E-state index contributed by atoms with van der Waals surface area (Å²) in [6, 6.07) is 20.8. The Labute approximate surface area is 201 Å². The number of halogens is 1. The van der Waals surface area contributed by atoms with E-state index >= 15 is 0 Å². The lowest BCUT2D eigenvalue weighted by atomic mass is 10.1. The molecule has 2 aromatic heterocycles. The zero-order chi connectivity index (χ0) is 23.8. The van der Waals surface area contributed by atoms with Crippen molar-refractivity contribution in [2.45, 2.75) is 6.92 Å². The first-order valence-corrected chi connectivity index (χ1v) is 11.5. The number of hydrogen-bond donors (Lipinski definition) is 0. The molecule has 0 unspecified atom stereocenters. The predicted octanol–water partition coefficient (Wildman–Crippen LogP) is 6.89. The largest absolute Gasteiger partial charge is 0.493 e. The summed E-state index contributed by atoms with van der Waals surface area (Å²) in [4.78, 5) is 4.82. The first-order chi connectivity index (χ1) is 16.5. The molecule has 5 rings (SSSR count). The summed E-state index contributed by atoms with van der Waals surface area (Å²) in [6.07, 6.45) is 0. The van der Waals surface area contributed by atoms with Gasteiger partial charge in [-0.3, -0.25) is 0 Å². The van der Waals surface area contributed by atoms with Crippen molar-refractivity contribution in [3.05, 3.63) is 78.2 Å². The van der Waals surface area contributed by atoms with E-state index in [1.54, 1.807) is 44.8 Å². The van der Waals surface area contributed by atoms with Crippen LogP contribution in [0.5, 0.6) is 17.2 Å². The summed E-state index contributed by atoms with van der Waals surface area (Å²) in [6.45, 7) is 2.06. The second-order valence-corrected chi connectivity index (χ2v) is 8.76. The monoisotopic (exact) mass is 474 g/mol. The number of hydrogen-bond acceptors (Lipinski definition) is 5. The van der Waals surface area contributed by atoms with Gasteiger partial charge in [0.1, 0.15) is 15.5 Å². The van der Waals surface area contributed by atoms with Crippen LogP contribution in [-0.2, 0) is 0 Å². The Hall–Kier alpha value is -3.84. The van der Waals surface area contributed by atoms with Gasteiger partial charge in [0.15, 0.2) is 11.5 Å². The minimum Gasteiger partial charge on any atom is -0.493 e. The Kier molecular flexibility index (Phi) is 5.71. The third-order valence-electron chi connectivity index (χ3n) is 5.77. The molecule has 0 N–H and O–H groups in total. The average Bonchev–Trinajstić information content (AvgIpc) is 3.46. The van der Waals surface area contributed by atoms with Gasteiger partial charge in [-0.05, 0) is 73.2 Å². The zero-order valence-electron chi connectivity index (χ0n) is 19.3. The minimum absolute atomic E-state index is 0.245. The van der Waals surface area contributed by atoms with Gasteiger partial charge in [-0.2, -0.15) is 0 Å². The van der Waals surface area contributed by atoms with Crippen molar-refractivity contribution in [2.24, 2.45) is 0 Å². The van der Waals surface area contributed by atoms with Gasteiger partial charge in [0.25, 0.3) is 0 Å². The number of thiazole rings is 1. The lowest BCUT2D eigenvalue weighted by molar-refractivity contribution is 0.327. The first kappa shape index (κ1) is 22.0. The lowest BCUT2D eigenvalue weighted by Crippen LogP contribution is -1.99. The van der Waals surface area contributed by atoms with E-state index in [0.29, 0.717) is 17.2 Å². The van der Waals surface area contributed by atoms with Crippen LogP contribution < -0.4 is 14.2 Å². The molecule has 0 bridgehead atoms. The number of fused-ring (bicyclic) bond motifs is 1. The molecule has 7 heteroatoms. The van der Waals surface area contributed by atoms with E-state index in [2.05, 4.69) is 47.9 Å². The maximum Gasteiger partial charge on any atom is 0.204 e. The van der Waals surface area contributed by atoms with Gasteiger partial charge in [-0.1, -0.05) is 0 Å². The van der Waals surface area contributed by atoms with Gasteiger partial charge in [-0.15, -0.1) is 11.3 Å². The van der Waals surface area contributed by atoms with E-state index in [-0.39, 0.29) is 5.82 Å². The molecule has 2 heterocycles. The fourth-order valence-electron chi connectivity index (χ4n) is 4.13. The molecular weight excluding hydrogens is 451 g/mol. The van der Waals surface area contributed by atoms with E-state index in [0.717, 1.165) is 43.4 Å².